The molecule has 0 aliphatic rings. The fourth-order valence-electron chi connectivity index (χ4n) is 3.54. The Balaban J connectivity index is 1.82. The van der Waals surface area contributed by atoms with E-state index < -0.39 is 0 Å². The number of benzene rings is 1. The average Bonchev–Trinajstić information content (AvgIpc) is 3.21. The van der Waals surface area contributed by atoms with Crippen LogP contribution in [0.4, 0.5) is 11.5 Å². The molecule has 34 heavy (non-hydrogen) atoms. The van der Waals surface area contributed by atoms with E-state index in [1.54, 1.807) is 51.5 Å². The van der Waals surface area contributed by atoms with Gasteiger partial charge in [0, 0.05) is 52.2 Å². The fourth-order valence-corrected chi connectivity index (χ4v) is 3.54. The number of ether oxygens (including phenoxy) is 2. The molecule has 3 rings (SSSR count). The van der Waals surface area contributed by atoms with E-state index in [2.05, 4.69) is 24.1 Å². The molecule has 0 radical (unpaired) electrons. The number of rotatable bonds is 11. The summed E-state index contributed by atoms with van der Waals surface area (Å²) in [6.07, 6.45) is 2.60. The lowest BCUT2D eigenvalue weighted by atomic mass is 10.2. The summed E-state index contributed by atoms with van der Waals surface area (Å²) in [6.45, 7) is 6.22. The Morgan fingerprint density at radius 3 is 2.62 bits per heavy atom. The summed E-state index contributed by atoms with van der Waals surface area (Å²) < 4.78 is 12.8. The van der Waals surface area contributed by atoms with Crippen molar-refractivity contribution in [3.05, 3.63) is 53.9 Å². The minimum absolute atomic E-state index is 0.0682. The number of hydrogen-bond donors (Lipinski definition) is 1. The van der Waals surface area contributed by atoms with Gasteiger partial charge in [0.2, 0.25) is 0 Å². The number of likely N-dealkylation sites (N-methyl/N-ethyl adjacent to an activating group) is 2. The van der Waals surface area contributed by atoms with E-state index in [-0.39, 0.29) is 18.4 Å². The Labute approximate surface area is 200 Å². The first-order chi connectivity index (χ1) is 16.4. The summed E-state index contributed by atoms with van der Waals surface area (Å²) in [5.74, 6) is 1.09. The molecule has 2 heterocycles. The molecule has 1 aromatic carbocycles. The molecule has 0 saturated carbocycles. The van der Waals surface area contributed by atoms with E-state index in [0.717, 1.165) is 36.7 Å². The zero-order valence-corrected chi connectivity index (χ0v) is 20.5. The van der Waals surface area contributed by atoms with E-state index >= 15 is 0 Å². The monoisotopic (exact) mass is 467 g/mol. The van der Waals surface area contributed by atoms with Crippen LogP contribution in [0.15, 0.2) is 42.6 Å². The Bertz CT molecular complexity index is 1140. The van der Waals surface area contributed by atoms with E-state index in [1.807, 2.05) is 16.7 Å². The highest BCUT2D eigenvalue weighted by molar-refractivity contribution is 6.04. The van der Waals surface area contributed by atoms with Gasteiger partial charge in [-0.15, -0.1) is 0 Å². The van der Waals surface area contributed by atoms with Crippen molar-refractivity contribution >= 4 is 29.0 Å². The van der Waals surface area contributed by atoms with E-state index in [1.165, 1.54) is 4.90 Å². The highest BCUT2D eigenvalue weighted by Gasteiger charge is 2.18. The Kier molecular flexibility index (Phi) is 8.48. The van der Waals surface area contributed by atoms with Crippen LogP contribution < -0.4 is 15.0 Å². The van der Waals surface area contributed by atoms with Crippen LogP contribution in [-0.4, -0.2) is 73.6 Å². The molecular weight excluding hydrogens is 434 g/mol. The van der Waals surface area contributed by atoms with Crippen molar-refractivity contribution in [3.63, 3.8) is 0 Å². The zero-order valence-electron chi connectivity index (χ0n) is 20.5. The maximum absolute atomic E-state index is 13.0. The molecule has 0 spiro atoms. The minimum atomic E-state index is -0.249. The third kappa shape index (κ3) is 5.85. The molecule has 2 aromatic heterocycles. The summed E-state index contributed by atoms with van der Waals surface area (Å²) in [4.78, 5) is 33.2. The molecular formula is C25H33N5O4. The number of nitrogens with one attached hydrogen (secondary N) is 1. The second-order valence-corrected chi connectivity index (χ2v) is 8.01. The quantitative estimate of drug-likeness (QED) is 0.466. The smallest absolute Gasteiger partial charge is 0.259 e. The molecule has 9 heteroatoms. The molecule has 182 valence electrons. The van der Waals surface area contributed by atoms with Crippen LogP contribution in [0.2, 0.25) is 0 Å². The van der Waals surface area contributed by atoms with E-state index in [4.69, 9.17) is 14.5 Å². The Hall–Kier alpha value is -3.59. The van der Waals surface area contributed by atoms with Crippen molar-refractivity contribution in [3.8, 4) is 5.75 Å². The molecule has 0 aliphatic heterocycles. The van der Waals surface area contributed by atoms with E-state index in [0.29, 0.717) is 23.6 Å². The van der Waals surface area contributed by atoms with Crippen molar-refractivity contribution in [2.24, 2.45) is 0 Å². The number of methoxy groups -OCH3 is 1. The highest BCUT2D eigenvalue weighted by atomic mass is 16.5. The van der Waals surface area contributed by atoms with Gasteiger partial charge in [0.1, 0.15) is 17.2 Å². The number of carbonyl (C=O) groups is 2. The second-order valence-electron chi connectivity index (χ2n) is 8.01. The maximum atomic E-state index is 13.0. The molecule has 9 nitrogen and oxygen atoms in total. The molecule has 1 N–H and O–H groups in total. The first kappa shape index (κ1) is 25.0. The largest absolute Gasteiger partial charge is 0.484 e. The van der Waals surface area contributed by atoms with Crippen LogP contribution in [-0.2, 0) is 16.0 Å². The number of aromatic nitrogens is 2. The number of fused-ring (bicyclic) bond motifs is 1. The second kappa shape index (κ2) is 11.5. The van der Waals surface area contributed by atoms with Crippen LogP contribution in [0.3, 0.4) is 0 Å². The SMILES string of the molecule is CCc1nc2ccc(C(=O)Nc3cccc(OCC(=O)N(C)C)c3)cn2c1N(CC)CCOC. The van der Waals surface area contributed by atoms with Crippen LogP contribution in [0.5, 0.6) is 5.75 Å². The van der Waals surface area contributed by atoms with Crippen LogP contribution in [0.1, 0.15) is 29.9 Å². The van der Waals surface area contributed by atoms with Crippen LogP contribution in [0.25, 0.3) is 5.65 Å². The van der Waals surface area contributed by atoms with Gasteiger partial charge < -0.3 is 24.6 Å². The number of amides is 2. The normalized spacial score (nSPS) is 10.9. The number of pyridine rings is 1. The number of nitrogens with zero attached hydrogens (tertiary/aromatic N) is 4. The minimum Gasteiger partial charge on any atom is -0.484 e. The third-order valence-corrected chi connectivity index (χ3v) is 5.46. The number of anilines is 2. The molecule has 0 bridgehead atoms. The van der Waals surface area contributed by atoms with Crippen molar-refractivity contribution in [2.45, 2.75) is 20.3 Å². The molecule has 0 aliphatic carbocycles. The van der Waals surface area contributed by atoms with Gasteiger partial charge in [-0.2, -0.15) is 0 Å². The number of hydrogen-bond acceptors (Lipinski definition) is 6. The lowest BCUT2D eigenvalue weighted by molar-refractivity contribution is -0.130. The zero-order chi connectivity index (χ0) is 24.7. The van der Waals surface area contributed by atoms with Crippen LogP contribution >= 0.6 is 0 Å². The van der Waals surface area contributed by atoms with Gasteiger partial charge in [0.15, 0.2) is 6.61 Å². The van der Waals surface area contributed by atoms with Gasteiger partial charge in [-0.1, -0.05) is 13.0 Å². The van der Waals surface area contributed by atoms with Gasteiger partial charge in [-0.25, -0.2) is 4.98 Å². The third-order valence-electron chi connectivity index (χ3n) is 5.46. The first-order valence-electron chi connectivity index (χ1n) is 11.4. The predicted molar refractivity (Wildman–Crippen MR) is 133 cm³/mol. The van der Waals surface area contributed by atoms with Gasteiger partial charge in [0.25, 0.3) is 11.8 Å². The van der Waals surface area contributed by atoms with Gasteiger partial charge >= 0.3 is 0 Å². The lowest BCUT2D eigenvalue weighted by Crippen LogP contribution is -2.29. The molecule has 0 fully saturated rings. The lowest BCUT2D eigenvalue weighted by Gasteiger charge is -2.23. The molecule has 3 aromatic rings. The molecule has 0 saturated heterocycles. The maximum Gasteiger partial charge on any atom is 0.259 e. The summed E-state index contributed by atoms with van der Waals surface area (Å²) in [5.41, 5.74) is 2.86. The van der Waals surface area contributed by atoms with Crippen LogP contribution in [0, 0.1) is 0 Å². The summed E-state index contributed by atoms with van der Waals surface area (Å²) >= 11 is 0. The fraction of sp³-hybridized carbons (Fsp3) is 0.400. The van der Waals surface area contributed by atoms with Gasteiger partial charge in [0.05, 0.1) is 17.9 Å². The molecule has 0 atom stereocenters. The van der Waals surface area contributed by atoms with Crippen molar-refractivity contribution in [1.29, 1.82) is 0 Å². The first-order valence-corrected chi connectivity index (χ1v) is 11.4. The summed E-state index contributed by atoms with van der Waals surface area (Å²) in [7, 11) is 5.03. The van der Waals surface area contributed by atoms with Crippen molar-refractivity contribution in [2.75, 3.05) is 57.7 Å². The number of imidazole rings is 1. The van der Waals surface area contributed by atoms with Gasteiger partial charge in [-0.3, -0.25) is 14.0 Å². The predicted octanol–water partition coefficient (Wildman–Crippen LogP) is 3.09. The Morgan fingerprint density at radius 1 is 1.15 bits per heavy atom. The molecule has 0 unspecified atom stereocenters. The van der Waals surface area contributed by atoms with Gasteiger partial charge in [-0.05, 0) is 37.6 Å². The average molecular weight is 468 g/mol. The highest BCUT2D eigenvalue weighted by Crippen LogP contribution is 2.25. The number of carbonyl (C=O) groups excluding carboxylic acids is 2. The molecule has 2 amide bonds. The topological polar surface area (TPSA) is 88.4 Å². The van der Waals surface area contributed by atoms with Crippen molar-refractivity contribution < 1.29 is 19.1 Å². The van der Waals surface area contributed by atoms with E-state index in [9.17, 15) is 9.59 Å². The van der Waals surface area contributed by atoms with Crippen molar-refractivity contribution in [1.82, 2.24) is 14.3 Å². The number of aryl methyl sites for hydroxylation is 1. The summed E-state index contributed by atoms with van der Waals surface area (Å²) in [6, 6.07) is 10.6. The summed E-state index contributed by atoms with van der Waals surface area (Å²) in [5, 5.41) is 2.91. The standard InChI is InChI=1S/C25H33N5O4/c1-6-21-25(29(7-2)13-14-33-5)30-16-18(11-12-22(30)27-21)24(32)26-19-9-8-10-20(15-19)34-17-23(31)28(3)4/h8-12,15-16H,6-7,13-14,17H2,1-5H3,(H,26,32). The Morgan fingerprint density at radius 2 is 1.94 bits per heavy atom.